The Balaban J connectivity index is 2.15. The lowest BCUT2D eigenvalue weighted by molar-refractivity contribution is -0.138. The van der Waals surface area contributed by atoms with Crippen LogP contribution in [0.3, 0.4) is 0 Å². The molecule has 6 heteroatoms. The Morgan fingerprint density at radius 1 is 1.50 bits per heavy atom. The van der Waals surface area contributed by atoms with Crippen molar-refractivity contribution in [2.24, 2.45) is 0 Å². The quantitative estimate of drug-likeness (QED) is 0.630. The Morgan fingerprint density at radius 3 is 2.83 bits per heavy atom. The summed E-state index contributed by atoms with van der Waals surface area (Å²) in [5.74, 6) is -0.0407. The number of nitrogens with zero attached hydrogens (tertiary/aromatic N) is 2. The molecule has 1 aromatic heterocycles. The first kappa shape index (κ1) is 13.1. The molecule has 1 saturated carbocycles. The molecule has 0 atom stereocenters. The minimum Gasteiger partial charge on any atom is -0.481 e. The van der Waals surface area contributed by atoms with Gasteiger partial charge in [0.05, 0.1) is 6.42 Å². The van der Waals surface area contributed by atoms with Crippen LogP contribution in [0.1, 0.15) is 32.1 Å². The van der Waals surface area contributed by atoms with Gasteiger partial charge in [0.25, 0.3) is 0 Å². The molecule has 1 fully saturated rings. The molecule has 0 aliphatic heterocycles. The fourth-order valence-electron chi connectivity index (χ4n) is 2.48. The van der Waals surface area contributed by atoms with Crippen LogP contribution in [0.25, 0.3) is 0 Å². The standard InChI is InChI=1S/C12H17N3O2S/c1-18-10-6-9(13-8-14-10)15-12(7-11(16)17)4-2-3-5-12/h6,8H,2-5,7H2,1H3,(H,16,17)(H,13,14,15). The van der Waals surface area contributed by atoms with E-state index < -0.39 is 5.97 Å². The van der Waals surface area contributed by atoms with Crippen molar-refractivity contribution >= 4 is 23.5 Å². The van der Waals surface area contributed by atoms with Crippen molar-refractivity contribution in [2.75, 3.05) is 11.6 Å². The molecular weight excluding hydrogens is 250 g/mol. The molecule has 1 aromatic rings. The number of carboxylic acid groups (broad SMARTS) is 1. The lowest BCUT2D eigenvalue weighted by Crippen LogP contribution is -2.37. The van der Waals surface area contributed by atoms with Gasteiger partial charge >= 0.3 is 5.97 Å². The molecule has 1 aliphatic carbocycles. The molecule has 1 aliphatic rings. The second-order valence-electron chi connectivity index (χ2n) is 4.63. The molecule has 0 saturated heterocycles. The zero-order valence-corrected chi connectivity index (χ0v) is 11.2. The Hall–Kier alpha value is -1.30. The zero-order valence-electron chi connectivity index (χ0n) is 10.3. The van der Waals surface area contributed by atoms with E-state index in [1.807, 2.05) is 12.3 Å². The van der Waals surface area contributed by atoms with Crippen LogP contribution in [0.4, 0.5) is 5.82 Å². The van der Waals surface area contributed by atoms with E-state index >= 15 is 0 Å². The van der Waals surface area contributed by atoms with E-state index in [1.54, 1.807) is 11.8 Å². The number of hydrogen-bond donors (Lipinski definition) is 2. The maximum absolute atomic E-state index is 11.0. The van der Waals surface area contributed by atoms with E-state index in [9.17, 15) is 4.79 Å². The van der Waals surface area contributed by atoms with Gasteiger partial charge in [-0.15, -0.1) is 11.8 Å². The van der Waals surface area contributed by atoms with Gasteiger partial charge in [-0.05, 0) is 19.1 Å². The highest BCUT2D eigenvalue weighted by Gasteiger charge is 2.36. The first-order valence-electron chi connectivity index (χ1n) is 6.00. The number of rotatable bonds is 5. The van der Waals surface area contributed by atoms with Crippen LogP contribution in [0, 0.1) is 0 Å². The Kier molecular flexibility index (Phi) is 4.06. The number of aliphatic carboxylic acids is 1. The van der Waals surface area contributed by atoms with Gasteiger partial charge in [0.15, 0.2) is 0 Å². The molecule has 98 valence electrons. The third-order valence-electron chi connectivity index (χ3n) is 3.29. The van der Waals surface area contributed by atoms with Crippen molar-refractivity contribution in [1.82, 2.24) is 9.97 Å². The minimum atomic E-state index is -0.761. The highest BCUT2D eigenvalue weighted by atomic mass is 32.2. The Labute approximate surface area is 110 Å². The lowest BCUT2D eigenvalue weighted by atomic mass is 9.93. The molecule has 0 spiro atoms. The van der Waals surface area contributed by atoms with Crippen LogP contribution < -0.4 is 5.32 Å². The molecule has 2 rings (SSSR count). The predicted octanol–water partition coefficient (Wildman–Crippen LogP) is 2.40. The van der Waals surface area contributed by atoms with Crippen molar-refractivity contribution in [3.05, 3.63) is 12.4 Å². The van der Waals surface area contributed by atoms with Gasteiger partial charge in [-0.3, -0.25) is 4.79 Å². The number of aromatic nitrogens is 2. The second-order valence-corrected chi connectivity index (χ2v) is 5.46. The van der Waals surface area contributed by atoms with Crippen LogP contribution in [0.15, 0.2) is 17.4 Å². The van der Waals surface area contributed by atoms with E-state index in [0.29, 0.717) is 0 Å². The van der Waals surface area contributed by atoms with Crippen molar-refractivity contribution in [3.63, 3.8) is 0 Å². The van der Waals surface area contributed by atoms with Crippen LogP contribution in [0.2, 0.25) is 0 Å². The third-order valence-corrected chi connectivity index (χ3v) is 3.94. The molecule has 18 heavy (non-hydrogen) atoms. The van der Waals surface area contributed by atoms with Crippen molar-refractivity contribution in [1.29, 1.82) is 0 Å². The summed E-state index contributed by atoms with van der Waals surface area (Å²) >= 11 is 1.55. The fraction of sp³-hybridized carbons (Fsp3) is 0.583. The van der Waals surface area contributed by atoms with E-state index in [0.717, 1.165) is 36.5 Å². The molecule has 5 nitrogen and oxygen atoms in total. The highest BCUT2D eigenvalue weighted by molar-refractivity contribution is 7.98. The molecule has 0 aromatic carbocycles. The average Bonchev–Trinajstić information content (AvgIpc) is 2.76. The highest BCUT2D eigenvalue weighted by Crippen LogP contribution is 2.35. The number of anilines is 1. The van der Waals surface area contributed by atoms with Crippen molar-refractivity contribution in [3.8, 4) is 0 Å². The number of carboxylic acids is 1. The number of carbonyl (C=O) groups is 1. The van der Waals surface area contributed by atoms with E-state index in [4.69, 9.17) is 5.11 Å². The lowest BCUT2D eigenvalue weighted by Gasteiger charge is -2.29. The first-order valence-corrected chi connectivity index (χ1v) is 7.22. The van der Waals surface area contributed by atoms with Gasteiger partial charge in [0.2, 0.25) is 0 Å². The summed E-state index contributed by atoms with van der Waals surface area (Å²) in [5, 5.41) is 13.2. The van der Waals surface area contributed by atoms with Gasteiger partial charge in [-0.2, -0.15) is 0 Å². The molecule has 0 bridgehead atoms. The number of nitrogens with one attached hydrogen (secondary N) is 1. The van der Waals surface area contributed by atoms with Gasteiger partial charge in [0, 0.05) is 11.6 Å². The maximum atomic E-state index is 11.0. The summed E-state index contributed by atoms with van der Waals surface area (Å²) in [4.78, 5) is 19.3. The average molecular weight is 267 g/mol. The van der Waals surface area contributed by atoms with E-state index in [2.05, 4.69) is 15.3 Å². The molecule has 0 unspecified atom stereocenters. The van der Waals surface area contributed by atoms with Gasteiger partial charge in [0.1, 0.15) is 17.2 Å². The van der Waals surface area contributed by atoms with Crippen LogP contribution >= 0.6 is 11.8 Å². The largest absolute Gasteiger partial charge is 0.481 e. The van der Waals surface area contributed by atoms with Crippen LogP contribution in [-0.4, -0.2) is 32.8 Å². The van der Waals surface area contributed by atoms with Gasteiger partial charge in [-0.1, -0.05) is 12.8 Å². The number of thioether (sulfide) groups is 1. The topological polar surface area (TPSA) is 75.1 Å². The van der Waals surface area contributed by atoms with E-state index in [1.165, 1.54) is 6.33 Å². The molecule has 0 amide bonds. The van der Waals surface area contributed by atoms with Crippen LogP contribution in [-0.2, 0) is 4.79 Å². The maximum Gasteiger partial charge on any atom is 0.305 e. The summed E-state index contributed by atoms with van der Waals surface area (Å²) < 4.78 is 0. The SMILES string of the molecule is CSc1cc(NC2(CC(=O)O)CCCC2)ncn1. The zero-order chi connectivity index (χ0) is 13.0. The summed E-state index contributed by atoms with van der Waals surface area (Å²) in [5.41, 5.74) is -0.337. The normalized spacial score (nSPS) is 17.6. The van der Waals surface area contributed by atoms with Gasteiger partial charge in [-0.25, -0.2) is 9.97 Å². The molecular formula is C12H17N3O2S. The molecule has 1 heterocycles. The second kappa shape index (κ2) is 5.56. The summed E-state index contributed by atoms with van der Waals surface area (Å²) in [6, 6.07) is 1.87. The van der Waals surface area contributed by atoms with Crippen molar-refractivity contribution in [2.45, 2.75) is 42.7 Å². The number of hydrogen-bond acceptors (Lipinski definition) is 5. The van der Waals surface area contributed by atoms with Gasteiger partial charge < -0.3 is 10.4 Å². The predicted molar refractivity (Wildman–Crippen MR) is 70.9 cm³/mol. The molecule has 2 N–H and O–H groups in total. The first-order chi connectivity index (χ1) is 8.63. The fourth-order valence-corrected chi connectivity index (χ4v) is 2.86. The van der Waals surface area contributed by atoms with Crippen LogP contribution in [0.5, 0.6) is 0 Å². The third kappa shape index (κ3) is 3.13. The molecule has 0 radical (unpaired) electrons. The van der Waals surface area contributed by atoms with Crippen molar-refractivity contribution < 1.29 is 9.90 Å². The summed E-state index contributed by atoms with van der Waals surface area (Å²) in [6.45, 7) is 0. The van der Waals surface area contributed by atoms with E-state index in [-0.39, 0.29) is 12.0 Å². The summed E-state index contributed by atoms with van der Waals surface area (Å²) in [7, 11) is 0. The minimum absolute atomic E-state index is 0.144. The Bertz CT molecular complexity index is 433. The Morgan fingerprint density at radius 2 is 2.22 bits per heavy atom. The summed E-state index contributed by atoms with van der Waals surface area (Å²) in [6.07, 6.45) is 7.52. The smallest absolute Gasteiger partial charge is 0.305 e. The monoisotopic (exact) mass is 267 g/mol.